The molecule has 0 aliphatic carbocycles. The lowest BCUT2D eigenvalue weighted by Crippen LogP contribution is -2.34. The van der Waals surface area contributed by atoms with Gasteiger partial charge in [-0.25, -0.2) is 17.6 Å². The van der Waals surface area contributed by atoms with E-state index in [1.54, 1.807) is 0 Å². The first kappa shape index (κ1) is 16.2. The number of carbonyl (C=O) groups is 1. The van der Waals surface area contributed by atoms with Crippen LogP contribution >= 0.6 is 0 Å². The first-order valence-corrected chi connectivity index (χ1v) is 7.58. The minimum absolute atomic E-state index is 0.0306. The van der Waals surface area contributed by atoms with E-state index in [1.807, 2.05) is 0 Å². The third-order valence-corrected chi connectivity index (χ3v) is 4.95. The molecule has 1 aromatic carbocycles. The largest absolute Gasteiger partial charge is 0.481 e. The number of carboxylic acids is 1. The summed E-state index contributed by atoms with van der Waals surface area (Å²) in [6.45, 7) is 1.01. The van der Waals surface area contributed by atoms with Gasteiger partial charge in [0.2, 0.25) is 10.0 Å². The van der Waals surface area contributed by atoms with Crippen molar-refractivity contribution in [2.24, 2.45) is 5.92 Å². The number of aromatic amines is 1. The van der Waals surface area contributed by atoms with Gasteiger partial charge in [-0.3, -0.25) is 9.78 Å². The fourth-order valence-corrected chi connectivity index (χ4v) is 3.20. The summed E-state index contributed by atoms with van der Waals surface area (Å²) in [5.41, 5.74) is -0.0762. The molecule has 0 radical (unpaired) electrons. The van der Waals surface area contributed by atoms with E-state index in [9.17, 15) is 22.4 Å². The number of hydrogen-bond acceptors (Lipinski definition) is 5. The summed E-state index contributed by atoms with van der Waals surface area (Å²) in [4.78, 5) is 23.4. The molecule has 0 aliphatic rings. The number of benzene rings is 1. The van der Waals surface area contributed by atoms with E-state index < -0.39 is 38.4 Å². The van der Waals surface area contributed by atoms with Crippen LogP contribution in [0.1, 0.15) is 6.92 Å². The van der Waals surface area contributed by atoms with Gasteiger partial charge in [-0.1, -0.05) is 6.92 Å². The third kappa shape index (κ3) is 2.88. The summed E-state index contributed by atoms with van der Waals surface area (Å²) in [5, 5.41) is 8.82. The number of carboxylic acid groups (broad SMARTS) is 1. The van der Waals surface area contributed by atoms with Crippen molar-refractivity contribution < 1.29 is 27.1 Å². The van der Waals surface area contributed by atoms with Crippen molar-refractivity contribution in [1.29, 1.82) is 0 Å². The Morgan fingerprint density at radius 1 is 1.50 bits per heavy atom. The predicted molar refractivity (Wildman–Crippen MR) is 73.4 cm³/mol. The highest BCUT2D eigenvalue weighted by Crippen LogP contribution is 2.23. The normalized spacial score (nSPS) is 13.6. The minimum Gasteiger partial charge on any atom is -0.481 e. The maximum absolute atomic E-state index is 14.0. The van der Waals surface area contributed by atoms with Crippen LogP contribution in [0.5, 0.6) is 0 Å². The summed E-state index contributed by atoms with van der Waals surface area (Å²) in [7, 11) is -3.12. The fraction of sp³-hybridized carbons (Fsp3) is 0.333. The topological polar surface area (TPSA) is 121 Å². The van der Waals surface area contributed by atoms with Crippen LogP contribution in [0.2, 0.25) is 0 Å². The van der Waals surface area contributed by atoms with E-state index in [2.05, 4.69) is 4.98 Å². The van der Waals surface area contributed by atoms with Gasteiger partial charge in [-0.05, 0) is 0 Å². The molecule has 2 N–H and O–H groups in total. The molecule has 8 nitrogen and oxygen atoms in total. The first-order valence-electron chi connectivity index (χ1n) is 6.14. The molecule has 1 atom stereocenters. The summed E-state index contributed by atoms with van der Waals surface area (Å²) >= 11 is 0. The minimum atomic E-state index is -4.26. The quantitative estimate of drug-likeness (QED) is 0.827. The monoisotopic (exact) mass is 332 g/mol. The molecule has 1 heterocycles. The van der Waals surface area contributed by atoms with Gasteiger partial charge >= 0.3 is 11.7 Å². The molecule has 120 valence electrons. The van der Waals surface area contributed by atoms with Crippen LogP contribution in [0.25, 0.3) is 11.1 Å². The first-order chi connectivity index (χ1) is 10.1. The molecular weight excluding hydrogens is 319 g/mol. The number of sulfonamides is 1. The van der Waals surface area contributed by atoms with Gasteiger partial charge in [0.05, 0.1) is 11.4 Å². The lowest BCUT2D eigenvalue weighted by molar-refractivity contribution is -0.141. The van der Waals surface area contributed by atoms with E-state index in [0.717, 1.165) is 23.5 Å². The Balaban J connectivity index is 2.46. The standard InChI is InChI=1S/C12H13FN2O6S/c1-6(11(16)17)5-15(2)22(19,20)10-4-9-8(3-7(10)13)14-12(18)21-9/h3-4,6H,5H2,1-2H3,(H,14,18)(H,16,17). The highest BCUT2D eigenvalue weighted by Gasteiger charge is 2.28. The molecule has 1 aromatic heterocycles. The number of nitrogens with one attached hydrogen (secondary N) is 1. The smallest absolute Gasteiger partial charge is 0.417 e. The lowest BCUT2D eigenvalue weighted by atomic mass is 10.2. The van der Waals surface area contributed by atoms with Crippen molar-refractivity contribution in [3.8, 4) is 0 Å². The van der Waals surface area contributed by atoms with E-state index in [4.69, 9.17) is 9.52 Å². The fourth-order valence-electron chi connectivity index (χ4n) is 1.88. The number of oxazole rings is 1. The Hall–Kier alpha value is -2.20. The average molecular weight is 332 g/mol. The molecule has 0 fully saturated rings. The highest BCUT2D eigenvalue weighted by molar-refractivity contribution is 7.89. The van der Waals surface area contributed by atoms with Gasteiger partial charge < -0.3 is 9.52 Å². The van der Waals surface area contributed by atoms with Crippen molar-refractivity contribution in [3.05, 3.63) is 28.5 Å². The molecule has 0 amide bonds. The van der Waals surface area contributed by atoms with Crippen molar-refractivity contribution in [3.63, 3.8) is 0 Å². The van der Waals surface area contributed by atoms with Crippen LogP contribution in [0.15, 0.2) is 26.2 Å². The molecule has 1 unspecified atom stereocenters. The second-order valence-electron chi connectivity index (χ2n) is 4.82. The molecule has 2 rings (SSSR count). The zero-order chi connectivity index (χ0) is 16.7. The van der Waals surface area contributed by atoms with E-state index in [1.165, 1.54) is 6.92 Å². The van der Waals surface area contributed by atoms with Gasteiger partial charge in [0.15, 0.2) is 5.58 Å². The van der Waals surface area contributed by atoms with Gasteiger partial charge in [0.25, 0.3) is 0 Å². The molecule has 2 aromatic rings. The maximum Gasteiger partial charge on any atom is 0.417 e. The van der Waals surface area contributed by atoms with Crippen LogP contribution < -0.4 is 5.76 Å². The van der Waals surface area contributed by atoms with E-state index >= 15 is 0 Å². The third-order valence-electron chi connectivity index (χ3n) is 3.11. The molecule has 22 heavy (non-hydrogen) atoms. The molecule has 10 heteroatoms. The molecule has 0 saturated carbocycles. The number of nitrogens with zero attached hydrogens (tertiary/aromatic N) is 1. The summed E-state index contributed by atoms with van der Waals surface area (Å²) in [5.74, 6) is -4.04. The number of halogens is 1. The average Bonchev–Trinajstić information content (AvgIpc) is 2.76. The van der Waals surface area contributed by atoms with Crippen LogP contribution in [0, 0.1) is 11.7 Å². The van der Waals surface area contributed by atoms with Gasteiger partial charge in [0.1, 0.15) is 10.7 Å². The molecular formula is C12H13FN2O6S. The van der Waals surface area contributed by atoms with Crippen LogP contribution in [0.4, 0.5) is 4.39 Å². The Morgan fingerprint density at radius 3 is 2.73 bits per heavy atom. The number of aromatic nitrogens is 1. The van der Waals surface area contributed by atoms with Crippen LogP contribution in [0.3, 0.4) is 0 Å². The Morgan fingerprint density at radius 2 is 2.14 bits per heavy atom. The van der Waals surface area contributed by atoms with E-state index in [0.29, 0.717) is 0 Å². The number of aliphatic carboxylic acids is 1. The number of fused-ring (bicyclic) bond motifs is 1. The predicted octanol–water partition coefficient (Wildman–Crippen LogP) is 0.601. The summed E-state index contributed by atoms with van der Waals surface area (Å²) < 4.78 is 44.1. The van der Waals surface area contributed by atoms with Gasteiger partial charge in [-0.2, -0.15) is 4.31 Å². The van der Waals surface area contributed by atoms with Gasteiger partial charge in [0, 0.05) is 25.7 Å². The van der Waals surface area contributed by atoms with Crippen molar-refractivity contribution in [2.45, 2.75) is 11.8 Å². The van der Waals surface area contributed by atoms with E-state index in [-0.39, 0.29) is 17.6 Å². The molecule has 0 spiro atoms. The van der Waals surface area contributed by atoms with Crippen LogP contribution in [-0.4, -0.2) is 42.4 Å². The summed E-state index contributed by atoms with van der Waals surface area (Å²) in [6, 6.07) is 1.72. The molecule has 0 aliphatic heterocycles. The number of hydrogen-bond donors (Lipinski definition) is 2. The number of rotatable bonds is 5. The molecule has 0 bridgehead atoms. The Kier molecular flexibility index (Phi) is 4.07. The second-order valence-corrected chi connectivity index (χ2v) is 6.83. The maximum atomic E-state index is 14.0. The SMILES string of the molecule is CC(CN(C)S(=O)(=O)c1cc2oc(=O)[nH]c2cc1F)C(=O)O. The van der Waals surface area contributed by atoms with Crippen molar-refractivity contribution in [1.82, 2.24) is 9.29 Å². The van der Waals surface area contributed by atoms with Crippen molar-refractivity contribution >= 4 is 27.1 Å². The Bertz CT molecular complexity index is 885. The van der Waals surface area contributed by atoms with Crippen LogP contribution in [-0.2, 0) is 14.8 Å². The lowest BCUT2D eigenvalue weighted by Gasteiger charge is -2.19. The second kappa shape index (κ2) is 5.54. The molecule has 0 saturated heterocycles. The highest BCUT2D eigenvalue weighted by atomic mass is 32.2. The number of H-pyrrole nitrogens is 1. The zero-order valence-electron chi connectivity index (χ0n) is 11.7. The summed E-state index contributed by atoms with van der Waals surface area (Å²) in [6.07, 6.45) is 0. The van der Waals surface area contributed by atoms with Gasteiger partial charge in [-0.15, -0.1) is 0 Å². The Labute approximate surface area is 124 Å². The van der Waals surface area contributed by atoms with Crippen molar-refractivity contribution in [2.75, 3.05) is 13.6 Å². The zero-order valence-corrected chi connectivity index (χ0v) is 12.5.